The van der Waals surface area contributed by atoms with E-state index in [1.807, 2.05) is 24.3 Å². The fourth-order valence-electron chi connectivity index (χ4n) is 0.819. The van der Waals surface area contributed by atoms with Crippen molar-refractivity contribution in [2.75, 3.05) is 5.73 Å². The second kappa shape index (κ2) is 5.24. The summed E-state index contributed by atoms with van der Waals surface area (Å²) >= 11 is 1.42. The minimum absolute atomic E-state index is 0.574. The van der Waals surface area contributed by atoms with E-state index in [4.69, 9.17) is 5.73 Å². The number of nitrogen functional groups attached to an aromatic ring is 1. The molecule has 0 atom stereocenters. The number of hydrogen-bond donors (Lipinski definition) is 1. The normalized spacial score (nSPS) is 11.0. The van der Waals surface area contributed by atoms with Crippen molar-refractivity contribution in [3.05, 3.63) is 37.0 Å². The first-order valence-corrected chi connectivity index (χ1v) is 4.76. The van der Waals surface area contributed by atoms with Gasteiger partial charge in [-0.2, -0.15) is 0 Å². The molecule has 72 valence electrons. The molecule has 0 amide bonds. The molecule has 0 aromatic heterocycles. The summed E-state index contributed by atoms with van der Waals surface area (Å²) in [6.45, 7) is 6.91. The second-order valence-corrected chi connectivity index (χ2v) is 3.46. The molecule has 0 fully saturated rings. The van der Waals surface area contributed by atoms with E-state index in [2.05, 4.69) is 23.3 Å². The van der Waals surface area contributed by atoms with E-state index >= 15 is 0 Å². The van der Waals surface area contributed by atoms with E-state index in [1.165, 1.54) is 18.0 Å². The van der Waals surface area contributed by atoms with E-state index in [0.717, 1.165) is 10.6 Å². The number of benzene rings is 1. The maximum atomic E-state index is 5.56. The first kappa shape index (κ1) is 10.5. The van der Waals surface area contributed by atoms with Crippen LogP contribution in [0.4, 0.5) is 5.69 Å². The van der Waals surface area contributed by atoms with Crippen LogP contribution >= 0.6 is 11.8 Å². The van der Waals surface area contributed by atoms with Gasteiger partial charge in [0.2, 0.25) is 0 Å². The molecule has 0 heterocycles. The first-order chi connectivity index (χ1) is 6.76. The molecule has 0 aliphatic heterocycles. The van der Waals surface area contributed by atoms with Gasteiger partial charge in [0, 0.05) is 16.8 Å². The molecular formula is C10H11N3S. The Morgan fingerprint density at radius 1 is 1.36 bits per heavy atom. The summed E-state index contributed by atoms with van der Waals surface area (Å²) in [6, 6.07) is 7.47. The quantitative estimate of drug-likeness (QED) is 0.349. The van der Waals surface area contributed by atoms with Crippen LogP contribution in [0, 0.1) is 0 Å². The average molecular weight is 205 g/mol. The Labute approximate surface area is 87.5 Å². The molecule has 1 rings (SSSR count). The van der Waals surface area contributed by atoms with Crippen LogP contribution in [0.1, 0.15) is 0 Å². The number of thioether (sulfide) groups is 1. The molecule has 0 saturated carbocycles. The topological polar surface area (TPSA) is 50.7 Å². The van der Waals surface area contributed by atoms with E-state index in [0.29, 0.717) is 5.17 Å². The average Bonchev–Trinajstić information content (AvgIpc) is 2.20. The minimum Gasteiger partial charge on any atom is -0.399 e. The molecule has 0 aliphatic carbocycles. The Morgan fingerprint density at radius 3 is 2.50 bits per heavy atom. The second-order valence-electron chi connectivity index (χ2n) is 2.42. The van der Waals surface area contributed by atoms with Crippen molar-refractivity contribution in [1.29, 1.82) is 0 Å². The molecule has 0 saturated heterocycles. The highest BCUT2D eigenvalue weighted by Crippen LogP contribution is 2.21. The van der Waals surface area contributed by atoms with Gasteiger partial charge in [-0.3, -0.25) is 0 Å². The fraction of sp³-hybridized carbons (Fsp3) is 0. The van der Waals surface area contributed by atoms with Gasteiger partial charge in [-0.05, 0) is 42.7 Å². The zero-order chi connectivity index (χ0) is 10.4. The lowest BCUT2D eigenvalue weighted by Crippen LogP contribution is -1.86. The number of aliphatic imine (C=N–C) groups is 2. The smallest absolute Gasteiger partial charge is 0.191 e. The molecule has 1 aromatic carbocycles. The van der Waals surface area contributed by atoms with Crippen molar-refractivity contribution in [2.45, 2.75) is 4.90 Å². The maximum absolute atomic E-state index is 5.56. The fourth-order valence-corrected chi connectivity index (χ4v) is 1.49. The third-order valence-corrected chi connectivity index (χ3v) is 2.35. The lowest BCUT2D eigenvalue weighted by molar-refractivity contribution is 1.47. The lowest BCUT2D eigenvalue weighted by atomic mass is 10.3. The predicted molar refractivity (Wildman–Crippen MR) is 63.9 cm³/mol. The van der Waals surface area contributed by atoms with Crippen LogP contribution in [-0.2, 0) is 0 Å². The Kier molecular flexibility index (Phi) is 3.94. The zero-order valence-electron chi connectivity index (χ0n) is 7.68. The molecule has 0 bridgehead atoms. The van der Waals surface area contributed by atoms with Crippen LogP contribution in [0.25, 0.3) is 0 Å². The molecular weight excluding hydrogens is 194 g/mol. The van der Waals surface area contributed by atoms with Gasteiger partial charge in [0.1, 0.15) is 0 Å². The highest BCUT2D eigenvalue weighted by atomic mass is 32.2. The van der Waals surface area contributed by atoms with E-state index in [1.54, 1.807) is 0 Å². The van der Waals surface area contributed by atoms with Crippen LogP contribution in [0.5, 0.6) is 0 Å². The summed E-state index contributed by atoms with van der Waals surface area (Å²) in [5.41, 5.74) is 6.30. The van der Waals surface area contributed by atoms with Crippen molar-refractivity contribution in [1.82, 2.24) is 0 Å². The zero-order valence-corrected chi connectivity index (χ0v) is 8.50. The van der Waals surface area contributed by atoms with Crippen molar-refractivity contribution in [3.63, 3.8) is 0 Å². The number of anilines is 1. The summed E-state index contributed by atoms with van der Waals surface area (Å²) in [4.78, 5) is 8.72. The van der Waals surface area contributed by atoms with Crippen molar-refractivity contribution in [3.8, 4) is 0 Å². The van der Waals surface area contributed by atoms with Gasteiger partial charge in [0.05, 0.1) is 0 Å². The van der Waals surface area contributed by atoms with Crippen molar-refractivity contribution < 1.29 is 0 Å². The Hall–Kier alpha value is -1.55. The van der Waals surface area contributed by atoms with Crippen molar-refractivity contribution >= 4 is 29.3 Å². The van der Waals surface area contributed by atoms with Crippen LogP contribution in [0.3, 0.4) is 0 Å². The van der Waals surface area contributed by atoms with Gasteiger partial charge in [-0.1, -0.05) is 6.58 Å². The van der Waals surface area contributed by atoms with Gasteiger partial charge in [0.25, 0.3) is 0 Å². The van der Waals surface area contributed by atoms with E-state index < -0.39 is 0 Å². The predicted octanol–water partition coefficient (Wildman–Crippen LogP) is 2.56. The third-order valence-electron chi connectivity index (χ3n) is 1.43. The van der Waals surface area contributed by atoms with Gasteiger partial charge >= 0.3 is 0 Å². The number of nitrogens with two attached hydrogens (primary N) is 1. The minimum atomic E-state index is 0.574. The Bertz CT molecular complexity index is 354. The summed E-state index contributed by atoms with van der Waals surface area (Å²) < 4.78 is 0. The Morgan fingerprint density at radius 2 is 2.00 bits per heavy atom. The van der Waals surface area contributed by atoms with Gasteiger partial charge < -0.3 is 5.73 Å². The molecule has 0 unspecified atom stereocenters. The number of hydrogen-bond acceptors (Lipinski definition) is 3. The van der Waals surface area contributed by atoms with Gasteiger partial charge in [-0.25, -0.2) is 9.98 Å². The number of nitrogens with zero attached hydrogens (tertiary/aromatic N) is 2. The van der Waals surface area contributed by atoms with Crippen LogP contribution in [0.15, 0.2) is 51.9 Å². The molecule has 3 nitrogen and oxygen atoms in total. The number of rotatable bonds is 2. The first-order valence-electron chi connectivity index (χ1n) is 3.95. The van der Waals surface area contributed by atoms with E-state index in [9.17, 15) is 0 Å². The summed E-state index contributed by atoms with van der Waals surface area (Å²) in [5.74, 6) is 0. The monoisotopic (exact) mass is 205 g/mol. The van der Waals surface area contributed by atoms with E-state index in [-0.39, 0.29) is 0 Å². The largest absolute Gasteiger partial charge is 0.399 e. The Balaban J connectivity index is 2.77. The highest BCUT2D eigenvalue weighted by Gasteiger charge is 1.98. The van der Waals surface area contributed by atoms with Crippen LogP contribution in [-0.4, -0.2) is 11.9 Å². The SMILES string of the molecule is C=CN=C(N=C)Sc1ccc(N)cc1. The standard InChI is InChI=1S/C10H11N3S/c1-3-13-10(12-2)14-9-6-4-8(11)5-7-9/h3-7H,1-2,11H2. The molecule has 0 spiro atoms. The highest BCUT2D eigenvalue weighted by molar-refractivity contribution is 8.14. The summed E-state index contributed by atoms with van der Waals surface area (Å²) in [6.07, 6.45) is 1.44. The molecule has 4 heteroatoms. The molecule has 1 aromatic rings. The summed E-state index contributed by atoms with van der Waals surface area (Å²) in [5, 5.41) is 0.574. The molecule has 14 heavy (non-hydrogen) atoms. The van der Waals surface area contributed by atoms with Crippen LogP contribution < -0.4 is 5.73 Å². The maximum Gasteiger partial charge on any atom is 0.191 e. The molecule has 2 N–H and O–H groups in total. The van der Waals surface area contributed by atoms with Gasteiger partial charge in [0.15, 0.2) is 5.17 Å². The van der Waals surface area contributed by atoms with Crippen molar-refractivity contribution in [2.24, 2.45) is 9.98 Å². The third kappa shape index (κ3) is 3.06. The summed E-state index contributed by atoms with van der Waals surface area (Å²) in [7, 11) is 0. The van der Waals surface area contributed by atoms with Gasteiger partial charge in [-0.15, -0.1) is 0 Å². The molecule has 0 aliphatic rings. The van der Waals surface area contributed by atoms with Crippen LogP contribution in [0.2, 0.25) is 0 Å². The number of amidine groups is 1. The molecule has 0 radical (unpaired) electrons. The lowest BCUT2D eigenvalue weighted by Gasteiger charge is -1.99.